The van der Waals surface area contributed by atoms with Gasteiger partial charge in [-0.05, 0) is 217 Å². The number of benzene rings is 9. The predicted molar refractivity (Wildman–Crippen MR) is 302 cm³/mol. The summed E-state index contributed by atoms with van der Waals surface area (Å²) < 4.78 is 0. The second-order valence-electron chi connectivity index (χ2n) is 24.3. The van der Waals surface area contributed by atoms with E-state index in [9.17, 15) is 0 Å². The highest BCUT2D eigenvalue weighted by Gasteiger charge is 2.28. The number of aryl methyl sites for hydroxylation is 2. The molecule has 0 nitrogen and oxygen atoms in total. The standard InChI is InChI=1S/C54H44.C14H26/c1-29-18-19-39-43-24-40-30(2)20-42-49(47(40)26-46(43)38-17-11-14-35(29)52(38)39)25-41(32-21-33(53(3,4)5)23-34(22-32)54(6,7)8)48-27-44-36-15-9-12-31-13-10-16-37(51(31)36)45(44)28-50(42)48;1-9-12(14(6,7)8)10-11(2)13(3,4)5/h9-28H,1-8H3;9-10H,1-8H3/b;11-10+,12-9+. The highest BCUT2D eigenvalue weighted by molar-refractivity contribution is 6.27. The second-order valence-corrected chi connectivity index (χ2v) is 24.3. The van der Waals surface area contributed by atoms with Gasteiger partial charge in [-0.1, -0.05) is 192 Å². The molecule has 9 aromatic rings. The third-order valence-electron chi connectivity index (χ3n) is 15.6. The zero-order valence-electron chi connectivity index (χ0n) is 43.7. The lowest BCUT2D eigenvalue weighted by molar-refractivity contribution is 0.489. The quantitative estimate of drug-likeness (QED) is 0.120. The first kappa shape index (κ1) is 45.5. The fraction of sp³-hybridized carbons (Fsp3) is 0.294. The molecule has 0 amide bonds. The number of fused-ring (bicyclic) bond motifs is 11. The van der Waals surface area contributed by atoms with E-state index < -0.39 is 0 Å². The highest BCUT2D eigenvalue weighted by atomic mass is 14.3. The molecule has 0 saturated heterocycles. The van der Waals surface area contributed by atoms with Gasteiger partial charge in [-0.25, -0.2) is 0 Å². The molecule has 342 valence electrons. The first-order valence-corrected chi connectivity index (χ1v) is 25.0. The predicted octanol–water partition coefficient (Wildman–Crippen LogP) is 20.6. The Bertz CT molecular complexity index is 3620. The van der Waals surface area contributed by atoms with Crippen molar-refractivity contribution in [1.29, 1.82) is 0 Å². The van der Waals surface area contributed by atoms with E-state index in [0.717, 1.165) is 0 Å². The van der Waals surface area contributed by atoms with Crippen LogP contribution in [0.25, 0.3) is 109 Å². The highest BCUT2D eigenvalue weighted by Crippen LogP contribution is 2.54. The van der Waals surface area contributed by atoms with Gasteiger partial charge >= 0.3 is 0 Å². The van der Waals surface area contributed by atoms with Gasteiger partial charge in [0.15, 0.2) is 0 Å². The molecule has 0 atom stereocenters. The molecule has 9 aromatic carbocycles. The molecule has 11 rings (SSSR count). The average molecular weight is 887 g/mol. The number of hydrogen-bond acceptors (Lipinski definition) is 0. The topological polar surface area (TPSA) is 0 Å². The van der Waals surface area contributed by atoms with Gasteiger partial charge in [0.1, 0.15) is 0 Å². The molecule has 0 aliphatic heterocycles. The third-order valence-corrected chi connectivity index (χ3v) is 15.6. The normalized spacial score (nSPS) is 13.8. The van der Waals surface area contributed by atoms with E-state index in [-0.39, 0.29) is 21.7 Å². The Labute approximate surface area is 406 Å². The summed E-state index contributed by atoms with van der Waals surface area (Å²) in [6.45, 7) is 36.5. The van der Waals surface area contributed by atoms with Crippen LogP contribution in [-0.4, -0.2) is 0 Å². The first-order chi connectivity index (χ1) is 31.9. The van der Waals surface area contributed by atoms with Crippen LogP contribution in [0.5, 0.6) is 0 Å². The van der Waals surface area contributed by atoms with Crippen molar-refractivity contribution in [2.24, 2.45) is 10.8 Å². The first-order valence-electron chi connectivity index (χ1n) is 25.0. The van der Waals surface area contributed by atoms with Crippen LogP contribution >= 0.6 is 0 Å². The number of hydrogen-bond donors (Lipinski definition) is 0. The Morgan fingerprint density at radius 3 is 1.37 bits per heavy atom. The largest absolute Gasteiger partial charge is 0.0839 e. The van der Waals surface area contributed by atoms with Crippen molar-refractivity contribution in [2.75, 3.05) is 0 Å². The molecule has 2 aliphatic carbocycles. The van der Waals surface area contributed by atoms with E-state index in [1.165, 1.54) is 143 Å². The minimum atomic E-state index is 0.0138. The molecule has 0 radical (unpaired) electrons. The number of allylic oxidation sites excluding steroid dienone is 4. The maximum absolute atomic E-state index is 2.54. The molecule has 0 heterocycles. The van der Waals surface area contributed by atoms with Gasteiger partial charge in [0.2, 0.25) is 0 Å². The van der Waals surface area contributed by atoms with E-state index >= 15 is 0 Å². The molecule has 2 aliphatic rings. The zero-order chi connectivity index (χ0) is 48.6. The molecule has 0 N–H and O–H groups in total. The van der Waals surface area contributed by atoms with Crippen molar-refractivity contribution < 1.29 is 0 Å². The summed E-state index contributed by atoms with van der Waals surface area (Å²) in [5.74, 6) is 0. The van der Waals surface area contributed by atoms with Crippen LogP contribution in [0, 0.1) is 24.7 Å². The lowest BCUT2D eigenvalue weighted by atomic mass is 9.78. The lowest BCUT2D eigenvalue weighted by Crippen LogP contribution is -2.16. The van der Waals surface area contributed by atoms with E-state index in [0.29, 0.717) is 0 Å². The van der Waals surface area contributed by atoms with Crippen molar-refractivity contribution >= 4 is 53.9 Å². The molecule has 0 bridgehead atoms. The van der Waals surface area contributed by atoms with Crippen LogP contribution < -0.4 is 0 Å². The van der Waals surface area contributed by atoms with E-state index in [1.807, 2.05) is 0 Å². The summed E-state index contributed by atoms with van der Waals surface area (Å²) in [5, 5.41) is 13.4. The molecule has 68 heavy (non-hydrogen) atoms. The maximum atomic E-state index is 2.54. The fourth-order valence-corrected chi connectivity index (χ4v) is 11.1. The SMILES string of the molecule is C/C=C(\C=C(/C)C(C)(C)C)C(C)(C)C.Cc1ccc2c3c(cccc13)-c1cc3c(cc1-2)c(C)cc1c2cc4c(cc2c(-c2cc(C(C)(C)C)cc(C(C)(C)C)c2)cc31)-c1cccc2cccc-4c12. The van der Waals surface area contributed by atoms with Crippen molar-refractivity contribution in [2.45, 2.75) is 122 Å². The summed E-state index contributed by atoms with van der Waals surface area (Å²) in [6, 6.07) is 47.6. The zero-order valence-corrected chi connectivity index (χ0v) is 43.7. The second kappa shape index (κ2) is 15.6. The summed E-state index contributed by atoms with van der Waals surface area (Å²) in [5.41, 5.74) is 22.3. The Morgan fingerprint density at radius 1 is 0.382 bits per heavy atom. The van der Waals surface area contributed by atoms with Crippen molar-refractivity contribution in [3.8, 4) is 55.6 Å². The van der Waals surface area contributed by atoms with Crippen LogP contribution in [0.1, 0.15) is 119 Å². The summed E-state index contributed by atoms with van der Waals surface area (Å²) in [6.07, 6.45) is 4.55. The Hall–Kier alpha value is -6.24. The van der Waals surface area contributed by atoms with Gasteiger partial charge in [0.05, 0.1) is 0 Å². The summed E-state index contributed by atoms with van der Waals surface area (Å²) in [7, 11) is 0. The van der Waals surface area contributed by atoms with E-state index in [1.54, 1.807) is 0 Å². The molecule has 0 spiro atoms. The Morgan fingerprint density at radius 2 is 0.838 bits per heavy atom. The van der Waals surface area contributed by atoms with Gasteiger partial charge in [0, 0.05) is 0 Å². The van der Waals surface area contributed by atoms with Gasteiger partial charge < -0.3 is 0 Å². The molecule has 0 saturated carbocycles. The van der Waals surface area contributed by atoms with Crippen molar-refractivity contribution in [3.63, 3.8) is 0 Å². The van der Waals surface area contributed by atoms with Crippen LogP contribution in [0.15, 0.2) is 145 Å². The fourth-order valence-electron chi connectivity index (χ4n) is 11.1. The van der Waals surface area contributed by atoms with Crippen LogP contribution in [0.3, 0.4) is 0 Å². The molecular formula is C68H70. The van der Waals surface area contributed by atoms with Crippen LogP contribution in [0.4, 0.5) is 0 Å². The Balaban J connectivity index is 0.000000337. The van der Waals surface area contributed by atoms with Gasteiger partial charge in [-0.3, -0.25) is 0 Å². The molecule has 0 heteroatoms. The van der Waals surface area contributed by atoms with Gasteiger partial charge in [-0.15, -0.1) is 0 Å². The van der Waals surface area contributed by atoms with Gasteiger partial charge in [0.25, 0.3) is 0 Å². The average Bonchev–Trinajstić information content (AvgIpc) is 3.77. The lowest BCUT2D eigenvalue weighted by Gasteiger charge is -2.27. The minimum Gasteiger partial charge on any atom is -0.0839 e. The van der Waals surface area contributed by atoms with Crippen LogP contribution in [0.2, 0.25) is 0 Å². The van der Waals surface area contributed by atoms with Crippen molar-refractivity contribution in [1.82, 2.24) is 0 Å². The third kappa shape index (κ3) is 7.42. The number of rotatable bonds is 2. The molecule has 0 unspecified atom stereocenters. The van der Waals surface area contributed by atoms with E-state index in [4.69, 9.17) is 0 Å². The monoisotopic (exact) mass is 887 g/mol. The van der Waals surface area contributed by atoms with E-state index in [2.05, 4.69) is 244 Å². The maximum Gasteiger partial charge on any atom is -0.00237 e. The minimum absolute atomic E-state index is 0.0138. The Kier molecular flexibility index (Phi) is 10.5. The summed E-state index contributed by atoms with van der Waals surface area (Å²) in [4.78, 5) is 0. The molecule has 0 fully saturated rings. The molecular weight excluding hydrogens is 817 g/mol. The smallest absolute Gasteiger partial charge is 0.00237 e. The summed E-state index contributed by atoms with van der Waals surface area (Å²) >= 11 is 0. The van der Waals surface area contributed by atoms with Crippen LogP contribution in [-0.2, 0) is 10.8 Å². The van der Waals surface area contributed by atoms with Gasteiger partial charge in [-0.2, -0.15) is 0 Å². The molecule has 0 aromatic heterocycles. The van der Waals surface area contributed by atoms with Crippen molar-refractivity contribution in [3.05, 3.63) is 167 Å².